The molecule has 0 spiro atoms. The number of fused-ring (bicyclic) bond motifs is 3. The molecule has 0 atom stereocenters. The van der Waals surface area contributed by atoms with Gasteiger partial charge in [0.05, 0.1) is 6.54 Å². The first-order valence-corrected chi connectivity index (χ1v) is 10.5. The molecule has 7 nitrogen and oxygen atoms in total. The number of benzene rings is 2. The highest BCUT2D eigenvalue weighted by Gasteiger charge is 2.29. The van der Waals surface area contributed by atoms with Crippen LogP contribution in [0.2, 0.25) is 0 Å². The Morgan fingerprint density at radius 1 is 0.935 bits per heavy atom. The third-order valence-electron chi connectivity index (χ3n) is 6.12. The van der Waals surface area contributed by atoms with E-state index in [0.29, 0.717) is 23.7 Å². The molecule has 3 heterocycles. The summed E-state index contributed by atoms with van der Waals surface area (Å²) in [5, 5.41) is 0. The molecule has 1 aliphatic rings. The molecule has 158 valence electrons. The van der Waals surface area contributed by atoms with Crippen molar-refractivity contribution in [2.45, 2.75) is 33.9 Å². The molecule has 0 fully saturated rings. The van der Waals surface area contributed by atoms with E-state index in [2.05, 4.69) is 36.9 Å². The first-order chi connectivity index (χ1) is 14.8. The zero-order chi connectivity index (χ0) is 21.9. The van der Waals surface area contributed by atoms with E-state index >= 15 is 0 Å². The molecule has 0 unspecified atom stereocenters. The summed E-state index contributed by atoms with van der Waals surface area (Å²) < 4.78 is 4.74. The molecule has 31 heavy (non-hydrogen) atoms. The van der Waals surface area contributed by atoms with Crippen molar-refractivity contribution in [1.82, 2.24) is 18.7 Å². The normalized spacial score (nSPS) is 13.2. The molecule has 4 aromatic rings. The van der Waals surface area contributed by atoms with Crippen LogP contribution in [-0.2, 0) is 20.1 Å². The summed E-state index contributed by atoms with van der Waals surface area (Å²) in [7, 11) is 1.68. The molecule has 0 bridgehead atoms. The van der Waals surface area contributed by atoms with Crippen LogP contribution in [0.4, 0.5) is 11.6 Å². The summed E-state index contributed by atoms with van der Waals surface area (Å²) in [5.41, 5.74) is 5.73. The van der Waals surface area contributed by atoms with E-state index in [4.69, 9.17) is 4.98 Å². The summed E-state index contributed by atoms with van der Waals surface area (Å²) in [4.78, 5) is 33.3. The van der Waals surface area contributed by atoms with Gasteiger partial charge in [0.1, 0.15) is 0 Å². The van der Waals surface area contributed by atoms with Gasteiger partial charge in [0.25, 0.3) is 5.56 Å². The Bertz CT molecular complexity index is 1440. The van der Waals surface area contributed by atoms with Gasteiger partial charge in [-0.15, -0.1) is 0 Å². The van der Waals surface area contributed by atoms with Gasteiger partial charge >= 0.3 is 5.69 Å². The second-order valence-corrected chi connectivity index (χ2v) is 8.40. The largest absolute Gasteiger partial charge is 0.332 e. The van der Waals surface area contributed by atoms with E-state index in [1.165, 1.54) is 14.7 Å². The van der Waals surface area contributed by atoms with Crippen LogP contribution >= 0.6 is 0 Å². The van der Waals surface area contributed by atoms with Gasteiger partial charge in [0, 0.05) is 25.8 Å². The third-order valence-corrected chi connectivity index (χ3v) is 6.12. The minimum atomic E-state index is -0.354. The predicted molar refractivity (Wildman–Crippen MR) is 122 cm³/mol. The molecule has 0 saturated heterocycles. The number of aromatic nitrogens is 4. The van der Waals surface area contributed by atoms with Crippen molar-refractivity contribution in [3.8, 4) is 0 Å². The fraction of sp³-hybridized carbons (Fsp3) is 0.292. The van der Waals surface area contributed by atoms with E-state index in [1.54, 1.807) is 7.05 Å². The average molecular weight is 415 g/mol. The van der Waals surface area contributed by atoms with Crippen LogP contribution in [0.15, 0.2) is 52.1 Å². The van der Waals surface area contributed by atoms with Crippen LogP contribution in [0, 0.1) is 20.8 Å². The van der Waals surface area contributed by atoms with E-state index in [-0.39, 0.29) is 17.8 Å². The van der Waals surface area contributed by atoms with Crippen molar-refractivity contribution in [3.05, 3.63) is 85.6 Å². The number of imidazole rings is 1. The Balaban J connectivity index is 1.68. The maximum atomic E-state index is 13.4. The fourth-order valence-corrected chi connectivity index (χ4v) is 4.33. The van der Waals surface area contributed by atoms with Gasteiger partial charge in [0.2, 0.25) is 5.95 Å². The summed E-state index contributed by atoms with van der Waals surface area (Å²) >= 11 is 0. The highest BCUT2D eigenvalue weighted by molar-refractivity contribution is 5.78. The number of hydrogen-bond acceptors (Lipinski definition) is 4. The van der Waals surface area contributed by atoms with E-state index in [9.17, 15) is 9.59 Å². The van der Waals surface area contributed by atoms with Gasteiger partial charge in [0.15, 0.2) is 11.2 Å². The second-order valence-electron chi connectivity index (χ2n) is 8.40. The third kappa shape index (κ3) is 3.00. The molecule has 1 aliphatic heterocycles. The van der Waals surface area contributed by atoms with Gasteiger partial charge in [-0.2, -0.15) is 4.98 Å². The molecule has 0 amide bonds. The van der Waals surface area contributed by atoms with E-state index in [0.717, 1.165) is 28.9 Å². The average Bonchev–Trinajstić information content (AvgIpc) is 3.32. The molecule has 0 radical (unpaired) electrons. The van der Waals surface area contributed by atoms with Gasteiger partial charge in [-0.1, -0.05) is 42.0 Å². The number of rotatable bonds is 3. The number of nitrogens with zero attached hydrogens (tertiary/aromatic N) is 5. The van der Waals surface area contributed by atoms with Crippen LogP contribution in [-0.4, -0.2) is 25.2 Å². The highest BCUT2D eigenvalue weighted by atomic mass is 16.2. The summed E-state index contributed by atoms with van der Waals surface area (Å²) in [5.74, 6) is 0.712. The zero-order valence-electron chi connectivity index (χ0n) is 18.2. The summed E-state index contributed by atoms with van der Waals surface area (Å²) in [6, 6.07) is 14.2. The van der Waals surface area contributed by atoms with Crippen molar-refractivity contribution < 1.29 is 0 Å². The minimum Gasteiger partial charge on any atom is -0.310 e. The molecule has 2 aromatic heterocycles. The van der Waals surface area contributed by atoms with Crippen LogP contribution in [0.3, 0.4) is 0 Å². The van der Waals surface area contributed by atoms with Crippen molar-refractivity contribution in [2.24, 2.45) is 7.05 Å². The molecule has 0 saturated carbocycles. The lowest BCUT2D eigenvalue weighted by Gasteiger charge is -2.19. The second kappa shape index (κ2) is 6.97. The van der Waals surface area contributed by atoms with Gasteiger partial charge in [-0.05, 0) is 43.5 Å². The monoisotopic (exact) mass is 415 g/mol. The molecule has 7 heteroatoms. The first-order valence-electron chi connectivity index (χ1n) is 10.5. The maximum Gasteiger partial charge on any atom is 0.332 e. The Labute approximate surface area is 179 Å². The number of anilines is 2. The molecule has 0 aliphatic carbocycles. The maximum absolute atomic E-state index is 13.4. The molecule has 2 aromatic carbocycles. The summed E-state index contributed by atoms with van der Waals surface area (Å²) in [6.45, 7) is 7.78. The zero-order valence-corrected chi connectivity index (χ0v) is 18.2. The predicted octanol–water partition coefficient (Wildman–Crippen LogP) is 3.02. The Morgan fingerprint density at radius 2 is 1.65 bits per heavy atom. The van der Waals surface area contributed by atoms with Gasteiger partial charge < -0.3 is 9.47 Å². The van der Waals surface area contributed by atoms with E-state index < -0.39 is 0 Å². The topological polar surface area (TPSA) is 65.1 Å². The Morgan fingerprint density at radius 3 is 2.39 bits per heavy atom. The quantitative estimate of drug-likeness (QED) is 0.516. The molecule has 0 N–H and O–H groups in total. The van der Waals surface area contributed by atoms with Crippen LogP contribution in [0.25, 0.3) is 11.2 Å². The lowest BCUT2D eigenvalue weighted by atomic mass is 10.1. The standard InChI is InChI=1S/C24H25N5O2/c1-15-6-9-18(10-7-15)14-29-22(30)20-21(26(4)24(29)31)25-23-27(11-12-28(20)23)19-13-16(2)5-8-17(19)3/h5-10,13H,11-12,14H2,1-4H3. The first kappa shape index (κ1) is 19.4. The van der Waals surface area contributed by atoms with Crippen molar-refractivity contribution in [2.75, 3.05) is 11.4 Å². The molecule has 5 rings (SSSR count). The number of aryl methyl sites for hydroxylation is 4. The van der Waals surface area contributed by atoms with Gasteiger partial charge in [-0.25, -0.2) is 4.79 Å². The Hall–Kier alpha value is -3.61. The Kier molecular flexibility index (Phi) is 4.36. The van der Waals surface area contributed by atoms with Gasteiger partial charge in [-0.3, -0.25) is 13.9 Å². The van der Waals surface area contributed by atoms with Crippen molar-refractivity contribution in [3.63, 3.8) is 0 Å². The highest BCUT2D eigenvalue weighted by Crippen LogP contribution is 2.34. The summed E-state index contributed by atoms with van der Waals surface area (Å²) in [6.07, 6.45) is 0. The van der Waals surface area contributed by atoms with Crippen LogP contribution in [0.1, 0.15) is 22.3 Å². The van der Waals surface area contributed by atoms with Crippen molar-refractivity contribution >= 4 is 22.8 Å². The van der Waals surface area contributed by atoms with Crippen LogP contribution in [0.5, 0.6) is 0 Å². The smallest absolute Gasteiger partial charge is 0.310 e. The van der Waals surface area contributed by atoms with E-state index in [1.807, 2.05) is 35.8 Å². The molecular weight excluding hydrogens is 390 g/mol. The van der Waals surface area contributed by atoms with Crippen molar-refractivity contribution in [1.29, 1.82) is 0 Å². The lowest BCUT2D eigenvalue weighted by molar-refractivity contribution is 0.652. The van der Waals surface area contributed by atoms with Crippen LogP contribution < -0.4 is 16.1 Å². The SMILES string of the molecule is Cc1ccc(Cn2c(=O)c3c(nc4n3CCN4c3cc(C)ccc3C)n(C)c2=O)cc1. The number of hydrogen-bond donors (Lipinski definition) is 0. The fourth-order valence-electron chi connectivity index (χ4n) is 4.33. The minimum absolute atomic E-state index is 0.239. The molecular formula is C24H25N5O2. The lowest BCUT2D eigenvalue weighted by Crippen LogP contribution is -2.40.